The molecule has 2 heteroatoms. The second kappa shape index (κ2) is 10.2. The minimum absolute atomic E-state index is 1.06. The molecule has 11 heavy (non-hydrogen) atoms. The highest BCUT2D eigenvalue weighted by Gasteiger charge is 1.79. The Hall–Kier alpha value is 0.180. The Morgan fingerprint density at radius 1 is 1.36 bits per heavy atom. The third-order valence-corrected chi connectivity index (χ3v) is 2.89. The van der Waals surface area contributed by atoms with Crippen molar-refractivity contribution in [2.24, 2.45) is 0 Å². The zero-order chi connectivity index (χ0) is 8.36. The van der Waals surface area contributed by atoms with Gasteiger partial charge in [-0.15, -0.1) is 18.3 Å². The summed E-state index contributed by atoms with van der Waals surface area (Å²) in [6, 6.07) is 0. The van der Waals surface area contributed by atoms with Gasteiger partial charge in [-0.2, -0.15) is 11.8 Å². The summed E-state index contributed by atoms with van der Waals surface area (Å²) in [7, 11) is 0. The van der Waals surface area contributed by atoms with Crippen LogP contribution in [0.15, 0.2) is 24.1 Å². The molecule has 0 aromatic carbocycles. The van der Waals surface area contributed by atoms with Crippen molar-refractivity contribution < 1.29 is 0 Å². The van der Waals surface area contributed by atoms with E-state index in [0.29, 0.717) is 0 Å². The number of hydrogen-bond acceptors (Lipinski definition) is 2. The van der Waals surface area contributed by atoms with Gasteiger partial charge in [-0.05, 0) is 17.6 Å². The first kappa shape index (κ1) is 11.2. The van der Waals surface area contributed by atoms with Gasteiger partial charge in [-0.3, -0.25) is 0 Å². The smallest absolute Gasteiger partial charge is 0.0124 e. The van der Waals surface area contributed by atoms with Crippen LogP contribution in [-0.4, -0.2) is 17.3 Å². The molecule has 0 amide bonds. The number of rotatable bonds is 7. The Morgan fingerprint density at radius 3 is 2.82 bits per heavy atom. The molecule has 0 unspecified atom stereocenters. The first-order chi connectivity index (χ1) is 5.41. The second-order valence-electron chi connectivity index (χ2n) is 2.07. The van der Waals surface area contributed by atoms with E-state index in [1.807, 2.05) is 29.6 Å². The third-order valence-electron chi connectivity index (χ3n) is 0.964. The Bertz CT molecular complexity index is 108. The lowest BCUT2D eigenvalue weighted by molar-refractivity contribution is 1.11. The highest BCUT2D eigenvalue weighted by atomic mass is 32.2. The van der Waals surface area contributed by atoms with Crippen molar-refractivity contribution in [1.29, 1.82) is 0 Å². The van der Waals surface area contributed by atoms with Gasteiger partial charge >= 0.3 is 0 Å². The van der Waals surface area contributed by atoms with Crippen molar-refractivity contribution in [1.82, 2.24) is 0 Å². The zero-order valence-electron chi connectivity index (χ0n) is 7.08. The summed E-state index contributed by atoms with van der Waals surface area (Å²) in [6.45, 7) is 5.86. The lowest BCUT2D eigenvalue weighted by Crippen LogP contribution is -1.73. The predicted octanol–water partition coefficient (Wildman–Crippen LogP) is 3.56. The Kier molecular flexibility index (Phi) is 10.3. The minimum atomic E-state index is 1.06. The van der Waals surface area contributed by atoms with Crippen molar-refractivity contribution in [3.63, 3.8) is 0 Å². The quantitative estimate of drug-likeness (QED) is 0.442. The maximum atomic E-state index is 3.66. The normalized spacial score (nSPS) is 10.6. The monoisotopic (exact) mass is 188 g/mol. The Balaban J connectivity index is 2.97. The van der Waals surface area contributed by atoms with E-state index in [9.17, 15) is 0 Å². The van der Waals surface area contributed by atoms with Crippen molar-refractivity contribution in [3.8, 4) is 0 Å². The summed E-state index contributed by atoms with van der Waals surface area (Å²) in [4.78, 5) is 0. The van der Waals surface area contributed by atoms with Gasteiger partial charge in [-0.1, -0.05) is 19.1 Å². The molecule has 0 aliphatic heterocycles. The largest absolute Gasteiger partial charge is 0.154 e. The molecule has 0 aliphatic carbocycles. The molecule has 0 N–H and O–H groups in total. The van der Waals surface area contributed by atoms with Crippen molar-refractivity contribution in [2.75, 3.05) is 17.3 Å². The van der Waals surface area contributed by atoms with Crippen LogP contribution in [0.1, 0.15) is 13.3 Å². The maximum absolute atomic E-state index is 3.66. The molecule has 0 aliphatic rings. The molecule has 0 bridgehead atoms. The molecular weight excluding hydrogens is 172 g/mol. The molecule has 0 radical (unpaired) electrons. The SMILES string of the molecule is C=CCSCC=CSCCC. The lowest BCUT2D eigenvalue weighted by atomic mass is 10.6. The van der Waals surface area contributed by atoms with Crippen molar-refractivity contribution >= 4 is 23.5 Å². The standard InChI is InChI=1S/C9H16S2/c1-3-6-10-8-5-9-11-7-4-2/h3,5,9H,1,4,6-8H2,2H3. The third kappa shape index (κ3) is 10.2. The van der Waals surface area contributed by atoms with Crippen LogP contribution in [-0.2, 0) is 0 Å². The maximum Gasteiger partial charge on any atom is 0.0124 e. The van der Waals surface area contributed by atoms with Crippen molar-refractivity contribution in [2.45, 2.75) is 13.3 Å². The molecule has 0 saturated carbocycles. The summed E-state index contributed by atoms with van der Waals surface area (Å²) in [5, 5.41) is 2.19. The highest BCUT2D eigenvalue weighted by Crippen LogP contribution is 2.06. The van der Waals surface area contributed by atoms with E-state index in [4.69, 9.17) is 0 Å². The van der Waals surface area contributed by atoms with Gasteiger partial charge in [0.1, 0.15) is 0 Å². The van der Waals surface area contributed by atoms with Gasteiger partial charge in [0.05, 0.1) is 0 Å². The number of hydrogen-bond donors (Lipinski definition) is 0. The molecule has 0 heterocycles. The summed E-state index contributed by atoms with van der Waals surface area (Å²) in [5.74, 6) is 3.41. The highest BCUT2D eigenvalue weighted by molar-refractivity contribution is 8.02. The topological polar surface area (TPSA) is 0 Å². The van der Waals surface area contributed by atoms with Crippen LogP contribution in [0.4, 0.5) is 0 Å². The summed E-state index contributed by atoms with van der Waals surface area (Å²) in [5.41, 5.74) is 0. The summed E-state index contributed by atoms with van der Waals surface area (Å²) < 4.78 is 0. The van der Waals surface area contributed by atoms with Gasteiger partial charge in [0, 0.05) is 11.5 Å². The average molecular weight is 188 g/mol. The lowest BCUT2D eigenvalue weighted by Gasteiger charge is -1.90. The van der Waals surface area contributed by atoms with E-state index >= 15 is 0 Å². The van der Waals surface area contributed by atoms with Gasteiger partial charge in [0.25, 0.3) is 0 Å². The van der Waals surface area contributed by atoms with E-state index in [1.165, 1.54) is 12.2 Å². The summed E-state index contributed by atoms with van der Waals surface area (Å²) in [6.07, 6.45) is 5.42. The minimum Gasteiger partial charge on any atom is -0.154 e. The molecule has 0 rings (SSSR count). The second-order valence-corrected chi connectivity index (χ2v) is 4.16. The van der Waals surface area contributed by atoms with E-state index in [1.54, 1.807) is 0 Å². The van der Waals surface area contributed by atoms with Gasteiger partial charge in [0.15, 0.2) is 0 Å². The Morgan fingerprint density at radius 2 is 2.18 bits per heavy atom. The van der Waals surface area contributed by atoms with E-state index in [0.717, 1.165) is 11.5 Å². The first-order valence-electron chi connectivity index (χ1n) is 3.87. The van der Waals surface area contributed by atoms with E-state index in [2.05, 4.69) is 25.0 Å². The molecule has 64 valence electrons. The summed E-state index contributed by atoms with van der Waals surface area (Å²) >= 11 is 3.78. The van der Waals surface area contributed by atoms with E-state index < -0.39 is 0 Å². The predicted molar refractivity (Wildman–Crippen MR) is 59.4 cm³/mol. The van der Waals surface area contributed by atoms with E-state index in [-0.39, 0.29) is 0 Å². The van der Waals surface area contributed by atoms with Crippen molar-refractivity contribution in [3.05, 3.63) is 24.1 Å². The molecule has 0 spiro atoms. The van der Waals surface area contributed by atoms with Crippen LogP contribution in [0.3, 0.4) is 0 Å². The number of thioether (sulfide) groups is 2. The molecule has 0 atom stereocenters. The van der Waals surface area contributed by atoms with Gasteiger partial charge in [-0.25, -0.2) is 0 Å². The van der Waals surface area contributed by atoms with Crippen LogP contribution in [0.5, 0.6) is 0 Å². The molecular formula is C9H16S2. The molecule has 0 saturated heterocycles. The Labute approximate surface area is 78.5 Å². The van der Waals surface area contributed by atoms with Crippen LogP contribution in [0, 0.1) is 0 Å². The zero-order valence-corrected chi connectivity index (χ0v) is 8.72. The van der Waals surface area contributed by atoms with Crippen LogP contribution in [0.2, 0.25) is 0 Å². The van der Waals surface area contributed by atoms with Gasteiger partial charge < -0.3 is 0 Å². The molecule has 0 aromatic rings. The van der Waals surface area contributed by atoms with Crippen LogP contribution in [0.25, 0.3) is 0 Å². The fourth-order valence-corrected chi connectivity index (χ4v) is 1.77. The fourth-order valence-electron chi connectivity index (χ4n) is 0.513. The first-order valence-corrected chi connectivity index (χ1v) is 6.07. The van der Waals surface area contributed by atoms with Gasteiger partial charge in [0.2, 0.25) is 0 Å². The van der Waals surface area contributed by atoms with Crippen LogP contribution >= 0.6 is 23.5 Å². The fraction of sp³-hybridized carbons (Fsp3) is 0.556. The average Bonchev–Trinajstić information content (AvgIpc) is 2.03. The molecule has 0 fully saturated rings. The van der Waals surface area contributed by atoms with Crippen LogP contribution < -0.4 is 0 Å². The molecule has 0 nitrogen and oxygen atoms in total. The molecule has 0 aromatic heterocycles.